The number of carbonyl (C=O) groups is 1. The molecule has 5 rings (SSSR count). The van der Waals surface area contributed by atoms with Crippen LogP contribution in [0.15, 0.2) is 24.5 Å². The maximum atomic E-state index is 13.5. The maximum absolute atomic E-state index is 13.5. The summed E-state index contributed by atoms with van der Waals surface area (Å²) in [7, 11) is 1.40. The van der Waals surface area contributed by atoms with Crippen molar-refractivity contribution in [2.75, 3.05) is 45.3 Å². The van der Waals surface area contributed by atoms with E-state index in [0.717, 1.165) is 37.3 Å². The van der Waals surface area contributed by atoms with Crippen LogP contribution in [-0.4, -0.2) is 70.9 Å². The van der Waals surface area contributed by atoms with Gasteiger partial charge in [-0.1, -0.05) is 23.2 Å². The molecule has 1 aliphatic carbocycles. The van der Waals surface area contributed by atoms with E-state index < -0.39 is 18.0 Å². The minimum Gasteiger partial charge on any atom is -0.494 e. The molecule has 0 atom stereocenters. The van der Waals surface area contributed by atoms with E-state index in [-0.39, 0.29) is 22.0 Å². The number of pyridine rings is 2. The molecule has 12 heteroatoms. The van der Waals surface area contributed by atoms with Gasteiger partial charge in [-0.3, -0.25) is 20.0 Å². The lowest BCUT2D eigenvalue weighted by Crippen LogP contribution is -2.36. The van der Waals surface area contributed by atoms with Gasteiger partial charge >= 0.3 is 0 Å². The normalized spacial score (nSPS) is 15.2. The summed E-state index contributed by atoms with van der Waals surface area (Å²) in [4.78, 5) is 23.6. The molecule has 2 aliphatic rings. The molecular weight excluding hydrogens is 526 g/mol. The van der Waals surface area contributed by atoms with Crippen LogP contribution in [0.1, 0.15) is 46.0 Å². The van der Waals surface area contributed by atoms with Gasteiger partial charge in [-0.05, 0) is 36.8 Å². The monoisotopic (exact) mass is 550 g/mol. The van der Waals surface area contributed by atoms with Crippen LogP contribution in [0.4, 0.5) is 13.9 Å². The first kappa shape index (κ1) is 26.6. The van der Waals surface area contributed by atoms with Crippen LogP contribution >= 0.6 is 11.3 Å². The standard InChI is InChI=1S/C27H24F2N6O3S/c1-37-23-16-31-22(25(28)29)14-20(23)19-13-18(3-2-8-35-9-11-38-12-10-35)30-15-21(19)26(36)32-27-34-33-24(39-27)7-6-17-4-5-17/h13-17,25H,4-5,8-12H2,1H3,(H,32,34,36). The molecule has 0 aromatic carbocycles. The van der Waals surface area contributed by atoms with Gasteiger partial charge in [-0.25, -0.2) is 13.8 Å². The zero-order valence-corrected chi connectivity index (χ0v) is 21.9. The van der Waals surface area contributed by atoms with Gasteiger partial charge < -0.3 is 9.47 Å². The Morgan fingerprint density at radius 3 is 2.74 bits per heavy atom. The van der Waals surface area contributed by atoms with Crippen molar-refractivity contribution >= 4 is 22.4 Å². The summed E-state index contributed by atoms with van der Waals surface area (Å²) >= 11 is 1.15. The second-order valence-electron chi connectivity index (χ2n) is 8.83. The van der Waals surface area contributed by atoms with E-state index in [1.165, 1.54) is 25.6 Å². The molecule has 9 nitrogen and oxygen atoms in total. The number of hydrogen-bond acceptors (Lipinski definition) is 9. The number of hydrogen-bond donors (Lipinski definition) is 1. The minimum atomic E-state index is -2.81. The molecule has 0 spiro atoms. The van der Waals surface area contributed by atoms with Crippen molar-refractivity contribution in [3.05, 3.63) is 46.5 Å². The number of amides is 1. The molecule has 3 aromatic rings. The molecule has 3 aromatic heterocycles. The fraction of sp³-hybridized carbons (Fsp3) is 0.370. The average Bonchev–Trinajstić information content (AvgIpc) is 3.69. The summed E-state index contributed by atoms with van der Waals surface area (Å²) in [6.45, 7) is 3.42. The second-order valence-corrected chi connectivity index (χ2v) is 9.80. The fourth-order valence-corrected chi connectivity index (χ4v) is 4.36. The summed E-state index contributed by atoms with van der Waals surface area (Å²) < 4.78 is 37.8. The lowest BCUT2D eigenvalue weighted by Gasteiger charge is -2.24. The molecule has 1 saturated carbocycles. The summed E-state index contributed by atoms with van der Waals surface area (Å²) in [5.74, 6) is 12.3. The van der Waals surface area contributed by atoms with Gasteiger partial charge in [0.2, 0.25) is 5.13 Å². The van der Waals surface area contributed by atoms with Crippen molar-refractivity contribution in [3.63, 3.8) is 0 Å². The summed E-state index contributed by atoms with van der Waals surface area (Å²) in [5.41, 5.74) is 0.634. The number of nitrogens with one attached hydrogen (secondary N) is 1. The molecule has 1 amide bonds. The first-order chi connectivity index (χ1) is 19.0. The predicted octanol–water partition coefficient (Wildman–Crippen LogP) is 3.64. The number of morpholine rings is 1. The Balaban J connectivity index is 1.46. The van der Waals surface area contributed by atoms with Crippen LogP contribution in [0.5, 0.6) is 5.75 Å². The van der Waals surface area contributed by atoms with E-state index in [1.807, 2.05) is 0 Å². The topological polar surface area (TPSA) is 102 Å². The number of aromatic nitrogens is 4. The van der Waals surface area contributed by atoms with Gasteiger partial charge in [-0.2, -0.15) is 0 Å². The third-order valence-corrected chi connectivity index (χ3v) is 6.75. The molecule has 1 saturated heterocycles. The highest BCUT2D eigenvalue weighted by Crippen LogP contribution is 2.35. The lowest BCUT2D eigenvalue weighted by atomic mass is 9.99. The molecule has 0 unspecified atom stereocenters. The highest BCUT2D eigenvalue weighted by molar-refractivity contribution is 7.15. The van der Waals surface area contributed by atoms with Crippen molar-refractivity contribution in [2.45, 2.75) is 19.3 Å². The first-order valence-corrected chi connectivity index (χ1v) is 13.1. The van der Waals surface area contributed by atoms with E-state index in [2.05, 4.69) is 54.1 Å². The van der Waals surface area contributed by atoms with Gasteiger partial charge in [0.15, 0.2) is 5.01 Å². The maximum Gasteiger partial charge on any atom is 0.280 e. The van der Waals surface area contributed by atoms with Crippen LogP contribution < -0.4 is 10.1 Å². The number of nitrogens with zero attached hydrogens (tertiary/aromatic N) is 5. The van der Waals surface area contributed by atoms with Gasteiger partial charge in [-0.15, -0.1) is 10.2 Å². The van der Waals surface area contributed by atoms with Crippen LogP contribution in [-0.2, 0) is 4.74 Å². The third kappa shape index (κ3) is 6.92. The van der Waals surface area contributed by atoms with Crippen molar-refractivity contribution in [1.29, 1.82) is 0 Å². The lowest BCUT2D eigenvalue weighted by molar-refractivity contribution is 0.0443. The Morgan fingerprint density at radius 1 is 1.18 bits per heavy atom. The van der Waals surface area contributed by atoms with E-state index in [4.69, 9.17) is 9.47 Å². The first-order valence-electron chi connectivity index (χ1n) is 12.3. The Kier molecular flexibility index (Phi) is 8.37. The van der Waals surface area contributed by atoms with Crippen molar-refractivity contribution in [3.8, 4) is 40.6 Å². The molecule has 1 N–H and O–H groups in total. The Labute approximate surface area is 228 Å². The number of anilines is 1. The highest BCUT2D eigenvalue weighted by atomic mass is 32.1. The SMILES string of the molecule is COc1cnc(C(F)F)cc1-c1cc(C#CCN2CCOCC2)ncc1C(=O)Nc1nnc(C#CC2CC2)s1. The number of ether oxygens (including phenoxy) is 2. The molecule has 0 radical (unpaired) electrons. The van der Waals surface area contributed by atoms with Gasteiger partial charge in [0, 0.05) is 36.3 Å². The largest absolute Gasteiger partial charge is 0.494 e. The third-order valence-electron chi connectivity index (χ3n) is 6.00. The number of halogens is 2. The van der Waals surface area contributed by atoms with Crippen LogP contribution in [0.2, 0.25) is 0 Å². The van der Waals surface area contributed by atoms with E-state index >= 15 is 0 Å². The zero-order chi connectivity index (χ0) is 27.2. The molecule has 4 heterocycles. The Bertz CT molecular complexity index is 1480. The molecule has 1 aliphatic heterocycles. The molecule has 39 heavy (non-hydrogen) atoms. The number of carbonyl (C=O) groups excluding carboxylic acids is 1. The van der Waals surface area contributed by atoms with E-state index in [9.17, 15) is 13.6 Å². The van der Waals surface area contributed by atoms with Gasteiger partial charge in [0.1, 0.15) is 17.1 Å². The Hall–Kier alpha value is -3.97. The fourth-order valence-electron chi connectivity index (χ4n) is 3.76. The number of rotatable bonds is 6. The zero-order valence-electron chi connectivity index (χ0n) is 21.0. The van der Waals surface area contributed by atoms with Crippen molar-refractivity contribution < 1.29 is 23.0 Å². The van der Waals surface area contributed by atoms with Gasteiger partial charge in [0.25, 0.3) is 12.3 Å². The van der Waals surface area contributed by atoms with Crippen LogP contribution in [0.3, 0.4) is 0 Å². The molecular formula is C27H24F2N6O3S. The second kappa shape index (κ2) is 12.3. The van der Waals surface area contributed by atoms with Gasteiger partial charge in [0.05, 0.1) is 38.6 Å². The molecule has 2 fully saturated rings. The summed E-state index contributed by atoms with van der Waals surface area (Å²) in [5, 5.41) is 11.5. The number of alkyl halides is 2. The number of methoxy groups -OCH3 is 1. The highest BCUT2D eigenvalue weighted by Gasteiger charge is 2.22. The summed E-state index contributed by atoms with van der Waals surface area (Å²) in [6.07, 6.45) is 1.94. The minimum absolute atomic E-state index is 0.124. The summed E-state index contributed by atoms with van der Waals surface area (Å²) in [6, 6.07) is 2.79. The Morgan fingerprint density at radius 2 is 2.00 bits per heavy atom. The van der Waals surface area contributed by atoms with Crippen molar-refractivity contribution in [1.82, 2.24) is 25.1 Å². The average molecular weight is 551 g/mol. The van der Waals surface area contributed by atoms with Crippen molar-refractivity contribution in [2.24, 2.45) is 5.92 Å². The van der Waals surface area contributed by atoms with Crippen LogP contribution in [0, 0.1) is 29.6 Å². The molecule has 0 bridgehead atoms. The van der Waals surface area contributed by atoms with E-state index in [1.54, 1.807) is 6.07 Å². The predicted molar refractivity (Wildman–Crippen MR) is 141 cm³/mol. The smallest absolute Gasteiger partial charge is 0.280 e. The van der Waals surface area contributed by atoms with E-state index in [0.29, 0.717) is 41.9 Å². The molecule has 200 valence electrons. The quantitative estimate of drug-likeness (QED) is 0.465. The van der Waals surface area contributed by atoms with Crippen LogP contribution in [0.25, 0.3) is 11.1 Å².